The molecule has 0 aliphatic carbocycles. The Morgan fingerprint density at radius 2 is 2.38 bits per heavy atom. The van der Waals surface area contributed by atoms with Crippen molar-refractivity contribution in [3.05, 3.63) is 8.95 Å². The molecule has 0 aliphatic heterocycles. The number of hydrogen-bond donors (Lipinski definition) is 3. The van der Waals surface area contributed by atoms with Crippen molar-refractivity contribution >= 4 is 55.9 Å². The second kappa shape index (κ2) is 4.68. The van der Waals surface area contributed by atoms with E-state index in [1.54, 1.807) is 11.3 Å². The van der Waals surface area contributed by atoms with E-state index < -0.39 is 0 Å². The Bertz CT molecular complexity index is 515. The quantitative estimate of drug-likeness (QED) is 0.734. The number of aliphatic hydroxyl groups excluding tert-OH is 1. The zero-order valence-corrected chi connectivity index (χ0v) is 11.5. The molecule has 16 heavy (non-hydrogen) atoms. The van der Waals surface area contributed by atoms with Gasteiger partial charge < -0.3 is 16.2 Å². The molecule has 0 bridgehead atoms. The lowest BCUT2D eigenvalue weighted by molar-refractivity contribution is 0.281. The summed E-state index contributed by atoms with van der Waals surface area (Å²) in [6, 6.07) is 1.91. The van der Waals surface area contributed by atoms with Gasteiger partial charge in [0.05, 0.1) is 19.7 Å². The molecule has 2 aromatic rings. The molecular formula is C9H11IN4OS. The van der Waals surface area contributed by atoms with Gasteiger partial charge in [-0.3, -0.25) is 0 Å². The van der Waals surface area contributed by atoms with Crippen molar-refractivity contribution in [1.82, 2.24) is 9.97 Å². The number of aliphatic hydroxyl groups is 1. The number of thiophene rings is 1. The number of nitrogens with one attached hydrogen (secondary N) is 1. The minimum Gasteiger partial charge on any atom is -0.394 e. The predicted octanol–water partition coefficient (Wildman–Crippen LogP) is 1.67. The number of nitrogens with two attached hydrogens (primary N) is 1. The molecule has 86 valence electrons. The molecule has 1 atom stereocenters. The van der Waals surface area contributed by atoms with E-state index in [2.05, 4.69) is 37.9 Å². The van der Waals surface area contributed by atoms with Crippen LogP contribution in [0.2, 0.25) is 0 Å². The smallest absolute Gasteiger partial charge is 0.222 e. The van der Waals surface area contributed by atoms with Crippen LogP contribution in [0.15, 0.2) is 6.07 Å². The second-order valence-corrected chi connectivity index (χ2v) is 6.37. The Balaban J connectivity index is 2.49. The van der Waals surface area contributed by atoms with Gasteiger partial charge in [-0.25, -0.2) is 4.98 Å². The zero-order valence-electron chi connectivity index (χ0n) is 8.57. The molecule has 0 aliphatic rings. The summed E-state index contributed by atoms with van der Waals surface area (Å²) in [4.78, 5) is 8.31. The van der Waals surface area contributed by atoms with E-state index in [-0.39, 0.29) is 18.6 Å². The summed E-state index contributed by atoms with van der Waals surface area (Å²) < 4.78 is 2.10. The molecule has 0 amide bonds. The molecule has 2 rings (SSSR count). The van der Waals surface area contributed by atoms with Crippen LogP contribution in [0, 0.1) is 2.88 Å². The largest absolute Gasteiger partial charge is 0.394 e. The zero-order chi connectivity index (χ0) is 11.7. The maximum absolute atomic E-state index is 9.01. The molecule has 2 aromatic heterocycles. The fraction of sp³-hybridized carbons (Fsp3) is 0.333. The molecule has 2 heterocycles. The molecule has 0 spiro atoms. The average Bonchev–Trinajstić information content (AvgIpc) is 2.58. The van der Waals surface area contributed by atoms with Crippen LogP contribution in [-0.4, -0.2) is 27.7 Å². The van der Waals surface area contributed by atoms with E-state index >= 15 is 0 Å². The van der Waals surface area contributed by atoms with Crippen LogP contribution in [0.1, 0.15) is 6.92 Å². The van der Waals surface area contributed by atoms with E-state index in [1.165, 1.54) is 0 Å². The molecule has 5 nitrogen and oxygen atoms in total. The third-order valence-corrected chi connectivity index (χ3v) is 3.91. The number of nitrogens with zero attached hydrogens (tertiary/aromatic N) is 2. The van der Waals surface area contributed by atoms with E-state index in [9.17, 15) is 0 Å². The second-order valence-electron chi connectivity index (χ2n) is 3.42. The molecule has 0 saturated heterocycles. The number of rotatable bonds is 3. The molecule has 0 saturated carbocycles. The highest BCUT2D eigenvalue weighted by molar-refractivity contribution is 14.1. The summed E-state index contributed by atoms with van der Waals surface area (Å²) >= 11 is 3.84. The highest BCUT2D eigenvalue weighted by Crippen LogP contribution is 2.31. The summed E-state index contributed by atoms with van der Waals surface area (Å²) in [7, 11) is 0. The van der Waals surface area contributed by atoms with E-state index in [0.29, 0.717) is 5.82 Å². The van der Waals surface area contributed by atoms with Crippen molar-refractivity contribution in [2.24, 2.45) is 0 Å². The third-order valence-electron chi connectivity index (χ3n) is 2.02. The molecule has 0 radical (unpaired) electrons. The van der Waals surface area contributed by atoms with E-state index in [1.807, 2.05) is 13.0 Å². The summed E-state index contributed by atoms with van der Waals surface area (Å²) in [5.41, 5.74) is 6.47. The summed E-state index contributed by atoms with van der Waals surface area (Å²) in [5.74, 6) is 0.936. The fourth-order valence-electron chi connectivity index (χ4n) is 1.30. The van der Waals surface area contributed by atoms with Crippen LogP contribution in [0.25, 0.3) is 10.2 Å². The number of aromatic nitrogens is 2. The third kappa shape index (κ3) is 2.36. The Hall–Kier alpha value is -0.670. The fourth-order valence-corrected chi connectivity index (χ4v) is 3.03. The van der Waals surface area contributed by atoms with Gasteiger partial charge in [0.2, 0.25) is 5.95 Å². The maximum Gasteiger partial charge on any atom is 0.222 e. The van der Waals surface area contributed by atoms with Crippen LogP contribution in [0.5, 0.6) is 0 Å². The minimum absolute atomic E-state index is 0.0495. The van der Waals surface area contributed by atoms with Gasteiger partial charge in [0, 0.05) is 6.04 Å². The summed E-state index contributed by atoms with van der Waals surface area (Å²) in [6.45, 7) is 1.93. The van der Waals surface area contributed by atoms with E-state index in [0.717, 1.165) is 13.1 Å². The van der Waals surface area contributed by atoms with Crippen molar-refractivity contribution in [3.63, 3.8) is 0 Å². The van der Waals surface area contributed by atoms with Gasteiger partial charge in [0.15, 0.2) is 0 Å². The minimum atomic E-state index is -0.0581. The lowest BCUT2D eigenvalue weighted by Crippen LogP contribution is -2.20. The number of fused-ring (bicyclic) bond motifs is 1. The highest BCUT2D eigenvalue weighted by atomic mass is 127. The van der Waals surface area contributed by atoms with Gasteiger partial charge in [-0.05, 0) is 35.6 Å². The Labute approximate surface area is 110 Å². The predicted molar refractivity (Wildman–Crippen MR) is 74.7 cm³/mol. The van der Waals surface area contributed by atoms with Crippen molar-refractivity contribution in [2.75, 3.05) is 17.7 Å². The van der Waals surface area contributed by atoms with Crippen LogP contribution >= 0.6 is 33.9 Å². The number of halogens is 1. The van der Waals surface area contributed by atoms with Crippen molar-refractivity contribution in [2.45, 2.75) is 13.0 Å². The van der Waals surface area contributed by atoms with Gasteiger partial charge >= 0.3 is 0 Å². The molecule has 4 N–H and O–H groups in total. The standard InChI is InChI=1S/C9H11IN4OS/c1-4(3-15)12-8-7-5(2-6(10)16-7)13-9(11)14-8/h2,4,15H,3H2,1H3,(H3,11,12,13,14). The number of nitrogen functional groups attached to an aromatic ring is 1. The van der Waals surface area contributed by atoms with Gasteiger partial charge in [-0.15, -0.1) is 11.3 Å². The Morgan fingerprint density at radius 3 is 3.06 bits per heavy atom. The molecule has 0 aromatic carbocycles. The first-order chi connectivity index (χ1) is 7.60. The summed E-state index contributed by atoms with van der Waals surface area (Å²) in [6.07, 6.45) is 0. The van der Waals surface area contributed by atoms with Crippen molar-refractivity contribution in [1.29, 1.82) is 0 Å². The summed E-state index contributed by atoms with van der Waals surface area (Å²) in [5, 5.41) is 12.1. The maximum atomic E-state index is 9.01. The first kappa shape index (κ1) is 11.8. The molecular weight excluding hydrogens is 339 g/mol. The topological polar surface area (TPSA) is 84.1 Å². The van der Waals surface area contributed by atoms with Crippen LogP contribution in [0.3, 0.4) is 0 Å². The Kier molecular flexibility index (Phi) is 3.45. The molecule has 1 unspecified atom stereocenters. The lowest BCUT2D eigenvalue weighted by Gasteiger charge is -2.12. The first-order valence-corrected chi connectivity index (χ1v) is 6.59. The molecule has 0 fully saturated rings. The molecule has 7 heteroatoms. The van der Waals surface area contributed by atoms with E-state index in [4.69, 9.17) is 10.8 Å². The van der Waals surface area contributed by atoms with Gasteiger partial charge in [0.25, 0.3) is 0 Å². The van der Waals surface area contributed by atoms with Gasteiger partial charge in [0.1, 0.15) is 5.82 Å². The van der Waals surface area contributed by atoms with Crippen molar-refractivity contribution < 1.29 is 5.11 Å². The average molecular weight is 350 g/mol. The highest BCUT2D eigenvalue weighted by Gasteiger charge is 2.11. The monoisotopic (exact) mass is 350 g/mol. The normalized spacial score (nSPS) is 12.9. The van der Waals surface area contributed by atoms with Gasteiger partial charge in [-0.2, -0.15) is 4.98 Å². The van der Waals surface area contributed by atoms with Crippen molar-refractivity contribution in [3.8, 4) is 0 Å². The van der Waals surface area contributed by atoms with Crippen LogP contribution < -0.4 is 11.1 Å². The van der Waals surface area contributed by atoms with Crippen LogP contribution in [-0.2, 0) is 0 Å². The number of hydrogen-bond acceptors (Lipinski definition) is 6. The Morgan fingerprint density at radius 1 is 1.62 bits per heavy atom. The van der Waals surface area contributed by atoms with Crippen LogP contribution in [0.4, 0.5) is 11.8 Å². The first-order valence-electron chi connectivity index (χ1n) is 4.70. The number of anilines is 2. The SMILES string of the molecule is CC(CO)Nc1nc(N)nc2cc(I)sc12. The lowest BCUT2D eigenvalue weighted by atomic mass is 10.3. The van der Waals surface area contributed by atoms with Gasteiger partial charge in [-0.1, -0.05) is 0 Å².